The van der Waals surface area contributed by atoms with Gasteiger partial charge in [0.2, 0.25) is 5.76 Å². The van der Waals surface area contributed by atoms with Crippen LogP contribution in [0.5, 0.6) is 5.75 Å². The highest BCUT2D eigenvalue weighted by atomic mass is 79.9. The average Bonchev–Trinajstić information content (AvgIpc) is 3.22. The molecule has 24 heavy (non-hydrogen) atoms. The predicted molar refractivity (Wildman–Crippen MR) is 89.9 cm³/mol. The van der Waals surface area contributed by atoms with E-state index in [1.54, 1.807) is 30.1 Å². The summed E-state index contributed by atoms with van der Waals surface area (Å²) < 4.78 is 18.6. The SMILES string of the molecule is COc1ccccc1COC(=O)c1ccc(Cn2cc(Br)cn2)o1. The first kappa shape index (κ1) is 16.3. The molecule has 0 aliphatic rings. The number of para-hydroxylation sites is 1. The predicted octanol–water partition coefficient (Wildman–Crippen LogP) is 3.65. The van der Waals surface area contributed by atoms with Gasteiger partial charge >= 0.3 is 5.97 Å². The fraction of sp³-hybridized carbons (Fsp3) is 0.176. The number of halogens is 1. The van der Waals surface area contributed by atoms with Gasteiger partial charge in [0.15, 0.2) is 0 Å². The number of rotatable bonds is 6. The van der Waals surface area contributed by atoms with Gasteiger partial charge in [-0.25, -0.2) is 4.79 Å². The largest absolute Gasteiger partial charge is 0.496 e. The van der Waals surface area contributed by atoms with Crippen LogP contribution in [0.15, 0.2) is 57.7 Å². The maximum atomic E-state index is 12.1. The quantitative estimate of drug-likeness (QED) is 0.600. The van der Waals surface area contributed by atoms with Gasteiger partial charge < -0.3 is 13.9 Å². The third-order valence-corrected chi connectivity index (χ3v) is 3.74. The molecule has 3 aromatic rings. The van der Waals surface area contributed by atoms with E-state index in [-0.39, 0.29) is 12.4 Å². The number of ether oxygens (including phenoxy) is 2. The first-order valence-electron chi connectivity index (χ1n) is 7.21. The van der Waals surface area contributed by atoms with Gasteiger partial charge in [0, 0.05) is 11.8 Å². The number of hydrogen-bond acceptors (Lipinski definition) is 5. The van der Waals surface area contributed by atoms with Crippen molar-refractivity contribution >= 4 is 21.9 Å². The molecular weight excluding hydrogens is 376 g/mol. The van der Waals surface area contributed by atoms with Gasteiger partial charge in [-0.1, -0.05) is 18.2 Å². The van der Waals surface area contributed by atoms with Crippen LogP contribution < -0.4 is 4.74 Å². The van der Waals surface area contributed by atoms with E-state index in [1.807, 2.05) is 30.5 Å². The molecule has 1 aromatic carbocycles. The van der Waals surface area contributed by atoms with Crippen molar-refractivity contribution in [2.24, 2.45) is 0 Å². The molecule has 0 saturated heterocycles. The average molecular weight is 391 g/mol. The maximum absolute atomic E-state index is 12.1. The topological polar surface area (TPSA) is 66.5 Å². The molecule has 0 radical (unpaired) electrons. The molecule has 124 valence electrons. The second-order valence-corrected chi connectivity index (χ2v) is 5.93. The zero-order chi connectivity index (χ0) is 16.9. The van der Waals surface area contributed by atoms with E-state index < -0.39 is 5.97 Å². The molecule has 0 fully saturated rings. The number of hydrogen-bond donors (Lipinski definition) is 0. The van der Waals surface area contributed by atoms with Crippen LogP contribution in [-0.2, 0) is 17.9 Å². The van der Waals surface area contributed by atoms with Crippen molar-refractivity contribution < 1.29 is 18.7 Å². The van der Waals surface area contributed by atoms with Gasteiger partial charge in [0.05, 0.1) is 24.3 Å². The first-order valence-corrected chi connectivity index (χ1v) is 8.00. The molecule has 0 bridgehead atoms. The Hall–Kier alpha value is -2.54. The van der Waals surface area contributed by atoms with Crippen molar-refractivity contribution in [1.82, 2.24) is 9.78 Å². The Kier molecular flexibility index (Phi) is 5.00. The third-order valence-electron chi connectivity index (χ3n) is 3.33. The molecule has 7 heteroatoms. The van der Waals surface area contributed by atoms with Gasteiger partial charge in [-0.05, 0) is 34.1 Å². The fourth-order valence-electron chi connectivity index (χ4n) is 2.19. The van der Waals surface area contributed by atoms with Gasteiger partial charge in [0.25, 0.3) is 0 Å². The molecule has 3 rings (SSSR count). The van der Waals surface area contributed by atoms with Gasteiger partial charge in [-0.3, -0.25) is 4.68 Å². The highest BCUT2D eigenvalue weighted by molar-refractivity contribution is 9.10. The number of furan rings is 1. The fourth-order valence-corrected chi connectivity index (χ4v) is 2.52. The van der Waals surface area contributed by atoms with Crippen molar-refractivity contribution in [2.45, 2.75) is 13.2 Å². The van der Waals surface area contributed by atoms with Crippen LogP contribution in [0.25, 0.3) is 0 Å². The van der Waals surface area contributed by atoms with Crippen molar-refractivity contribution in [3.05, 3.63) is 70.3 Å². The highest BCUT2D eigenvalue weighted by Crippen LogP contribution is 2.19. The lowest BCUT2D eigenvalue weighted by molar-refractivity contribution is 0.0431. The summed E-state index contributed by atoms with van der Waals surface area (Å²) in [6.45, 7) is 0.552. The lowest BCUT2D eigenvalue weighted by Gasteiger charge is -2.08. The van der Waals surface area contributed by atoms with E-state index in [0.717, 1.165) is 10.0 Å². The number of aromatic nitrogens is 2. The summed E-state index contributed by atoms with van der Waals surface area (Å²) in [5.74, 6) is 0.935. The van der Waals surface area contributed by atoms with Gasteiger partial charge in [-0.15, -0.1) is 0 Å². The molecule has 0 spiro atoms. The number of nitrogens with zero attached hydrogens (tertiary/aromatic N) is 2. The first-order chi connectivity index (χ1) is 11.7. The summed E-state index contributed by atoms with van der Waals surface area (Å²) >= 11 is 3.33. The summed E-state index contributed by atoms with van der Waals surface area (Å²) in [5, 5.41) is 4.14. The minimum Gasteiger partial charge on any atom is -0.496 e. The molecule has 0 amide bonds. The molecule has 2 aromatic heterocycles. The van der Waals surface area contributed by atoms with E-state index >= 15 is 0 Å². The molecular formula is C17H15BrN2O4. The zero-order valence-electron chi connectivity index (χ0n) is 12.9. The smallest absolute Gasteiger partial charge is 0.374 e. The lowest BCUT2D eigenvalue weighted by Crippen LogP contribution is -2.05. The van der Waals surface area contributed by atoms with Crippen LogP contribution >= 0.6 is 15.9 Å². The number of esters is 1. The molecule has 0 unspecified atom stereocenters. The van der Waals surface area contributed by atoms with Crippen molar-refractivity contribution in [3.8, 4) is 5.75 Å². The zero-order valence-corrected chi connectivity index (χ0v) is 14.5. The molecule has 0 aliphatic heterocycles. The Labute approximate surface area is 147 Å². The van der Waals surface area contributed by atoms with Crippen LogP contribution in [0.4, 0.5) is 0 Å². The summed E-state index contributed by atoms with van der Waals surface area (Å²) in [7, 11) is 1.58. The summed E-state index contributed by atoms with van der Waals surface area (Å²) in [6.07, 6.45) is 3.51. The molecule has 0 N–H and O–H groups in total. The van der Waals surface area contributed by atoms with E-state index in [9.17, 15) is 4.79 Å². The number of methoxy groups -OCH3 is 1. The Balaban J connectivity index is 1.61. The Morgan fingerprint density at radius 2 is 2.12 bits per heavy atom. The standard InChI is InChI=1S/C17H15BrN2O4/c1-22-15-5-3-2-4-12(15)11-23-17(21)16-7-6-14(24-16)10-20-9-13(18)8-19-20/h2-9H,10-11H2,1H3. The number of carbonyl (C=O) groups is 1. The van der Waals surface area contributed by atoms with E-state index in [0.29, 0.717) is 18.1 Å². The maximum Gasteiger partial charge on any atom is 0.374 e. The van der Waals surface area contributed by atoms with Crippen LogP contribution in [0.1, 0.15) is 21.9 Å². The molecule has 2 heterocycles. The number of benzene rings is 1. The van der Waals surface area contributed by atoms with E-state index in [4.69, 9.17) is 13.9 Å². The summed E-state index contributed by atoms with van der Waals surface area (Å²) in [5.41, 5.74) is 0.793. The van der Waals surface area contributed by atoms with Gasteiger partial charge in [0.1, 0.15) is 18.1 Å². The second kappa shape index (κ2) is 7.35. The third kappa shape index (κ3) is 3.86. The second-order valence-electron chi connectivity index (χ2n) is 5.01. The summed E-state index contributed by atoms with van der Waals surface area (Å²) in [6, 6.07) is 10.7. The minimum absolute atomic E-state index is 0.116. The van der Waals surface area contributed by atoms with E-state index in [1.165, 1.54) is 0 Å². The van der Waals surface area contributed by atoms with Gasteiger partial charge in [-0.2, -0.15) is 5.10 Å². The Morgan fingerprint density at radius 1 is 1.29 bits per heavy atom. The van der Waals surface area contributed by atoms with Crippen LogP contribution in [-0.4, -0.2) is 22.9 Å². The molecule has 0 aliphatic carbocycles. The lowest BCUT2D eigenvalue weighted by atomic mass is 10.2. The van der Waals surface area contributed by atoms with Crippen LogP contribution in [0, 0.1) is 0 Å². The molecule has 6 nitrogen and oxygen atoms in total. The highest BCUT2D eigenvalue weighted by Gasteiger charge is 2.14. The molecule has 0 atom stereocenters. The van der Waals surface area contributed by atoms with E-state index in [2.05, 4.69) is 21.0 Å². The van der Waals surface area contributed by atoms with Crippen LogP contribution in [0.2, 0.25) is 0 Å². The van der Waals surface area contributed by atoms with Crippen molar-refractivity contribution in [3.63, 3.8) is 0 Å². The van der Waals surface area contributed by atoms with Crippen molar-refractivity contribution in [2.75, 3.05) is 7.11 Å². The minimum atomic E-state index is -0.520. The number of carbonyl (C=O) groups excluding carboxylic acids is 1. The van der Waals surface area contributed by atoms with Crippen LogP contribution in [0.3, 0.4) is 0 Å². The Morgan fingerprint density at radius 3 is 2.88 bits per heavy atom. The molecule has 0 saturated carbocycles. The normalized spacial score (nSPS) is 10.6. The monoisotopic (exact) mass is 390 g/mol. The van der Waals surface area contributed by atoms with Crippen molar-refractivity contribution in [1.29, 1.82) is 0 Å². The summed E-state index contributed by atoms with van der Waals surface area (Å²) in [4.78, 5) is 12.1. The Bertz CT molecular complexity index is 840.